The molecule has 188 valence electrons. The van der Waals surface area contributed by atoms with Gasteiger partial charge in [0.2, 0.25) is 0 Å². The summed E-state index contributed by atoms with van der Waals surface area (Å²) in [4.78, 5) is 17.6. The second-order valence-electron chi connectivity index (χ2n) is 9.56. The van der Waals surface area contributed by atoms with E-state index in [9.17, 15) is 4.79 Å². The monoisotopic (exact) mass is 503 g/mol. The van der Waals surface area contributed by atoms with Gasteiger partial charge in [0.1, 0.15) is 11.6 Å². The maximum Gasteiger partial charge on any atom is 0.251 e. The van der Waals surface area contributed by atoms with Crippen molar-refractivity contribution < 1.29 is 9.53 Å². The molecule has 0 saturated carbocycles. The minimum atomic E-state index is -0.252. The van der Waals surface area contributed by atoms with Crippen LogP contribution in [0, 0.1) is 6.92 Å². The number of unbranched alkanes of at least 4 members (excludes halogenated alkanes) is 1. The smallest absolute Gasteiger partial charge is 0.251 e. The number of hydrogen-bond donors (Lipinski definition) is 1. The Kier molecular flexibility index (Phi) is 8.32. The molecule has 0 bridgehead atoms. The zero-order valence-electron chi connectivity index (χ0n) is 21.4. The summed E-state index contributed by atoms with van der Waals surface area (Å²) in [5, 5.41) is 3.69. The van der Waals surface area contributed by atoms with Crippen LogP contribution in [0.4, 0.5) is 0 Å². The molecular formula is C30H34ClN3O2. The van der Waals surface area contributed by atoms with Gasteiger partial charge < -0.3 is 14.6 Å². The molecule has 0 spiro atoms. The van der Waals surface area contributed by atoms with Gasteiger partial charge in [0.25, 0.3) is 5.91 Å². The van der Waals surface area contributed by atoms with Gasteiger partial charge >= 0.3 is 0 Å². The number of fused-ring (bicyclic) bond motifs is 1. The lowest BCUT2D eigenvalue weighted by Crippen LogP contribution is -2.28. The summed E-state index contributed by atoms with van der Waals surface area (Å²) in [7, 11) is 0. The number of aromatic nitrogens is 2. The first-order chi connectivity index (χ1) is 17.3. The van der Waals surface area contributed by atoms with E-state index in [0.29, 0.717) is 23.1 Å². The highest BCUT2D eigenvalue weighted by Gasteiger charge is 2.19. The molecule has 5 nitrogen and oxygen atoms in total. The number of nitrogens with zero attached hydrogens (tertiary/aromatic N) is 2. The molecule has 1 unspecified atom stereocenters. The summed E-state index contributed by atoms with van der Waals surface area (Å²) in [5.41, 5.74) is 5.02. The highest BCUT2D eigenvalue weighted by atomic mass is 35.5. The summed E-state index contributed by atoms with van der Waals surface area (Å²) in [5.74, 6) is 2.10. The second-order valence-corrected chi connectivity index (χ2v) is 10.0. The SMILES string of the molecule is Cc1ccc(C(C)C)c(OCCCCn2c(C(C)NC(=O)c3ccc(Cl)cc3)nc3ccccc32)c1. The third kappa shape index (κ3) is 6.08. The molecule has 3 aromatic carbocycles. The lowest BCUT2D eigenvalue weighted by atomic mass is 10.0. The van der Waals surface area contributed by atoms with Gasteiger partial charge in [0.15, 0.2) is 0 Å². The Hall–Kier alpha value is -3.31. The fraction of sp³-hybridized carbons (Fsp3) is 0.333. The van der Waals surface area contributed by atoms with E-state index in [1.807, 2.05) is 25.1 Å². The number of carbonyl (C=O) groups is 1. The van der Waals surface area contributed by atoms with Crippen molar-refractivity contribution in [2.45, 2.75) is 59.0 Å². The summed E-state index contributed by atoms with van der Waals surface area (Å²) in [6.07, 6.45) is 1.86. The molecule has 4 aromatic rings. The zero-order valence-corrected chi connectivity index (χ0v) is 22.2. The van der Waals surface area contributed by atoms with Gasteiger partial charge in [-0.3, -0.25) is 4.79 Å². The maximum absolute atomic E-state index is 12.8. The predicted molar refractivity (Wildman–Crippen MR) is 147 cm³/mol. The molecule has 0 radical (unpaired) electrons. The van der Waals surface area contributed by atoms with Crippen molar-refractivity contribution in [1.29, 1.82) is 0 Å². The predicted octanol–water partition coefficient (Wildman–Crippen LogP) is 7.47. The average molecular weight is 504 g/mol. The van der Waals surface area contributed by atoms with E-state index in [1.54, 1.807) is 24.3 Å². The standard InChI is InChI=1S/C30H34ClN3O2/c1-20(2)25-16-11-21(3)19-28(25)36-18-8-7-17-34-27-10-6-5-9-26(27)33-29(34)22(4)32-30(35)23-12-14-24(31)15-13-23/h5-6,9-16,19-20,22H,7-8,17-18H2,1-4H3,(H,32,35). The first-order valence-electron chi connectivity index (χ1n) is 12.6. The molecule has 1 aromatic heterocycles. The first-order valence-corrected chi connectivity index (χ1v) is 13.0. The number of nitrogens with one attached hydrogen (secondary N) is 1. The number of para-hydroxylation sites is 2. The summed E-state index contributed by atoms with van der Waals surface area (Å²) < 4.78 is 8.40. The number of aryl methyl sites for hydroxylation is 2. The molecule has 0 aliphatic carbocycles. The molecule has 0 aliphatic rings. The van der Waals surface area contributed by atoms with E-state index in [-0.39, 0.29) is 11.9 Å². The summed E-state index contributed by atoms with van der Waals surface area (Å²) in [6.45, 7) is 9.90. The molecule has 1 heterocycles. The van der Waals surface area contributed by atoms with Gasteiger partial charge in [0, 0.05) is 17.1 Å². The van der Waals surface area contributed by atoms with E-state index < -0.39 is 0 Å². The van der Waals surface area contributed by atoms with E-state index in [0.717, 1.165) is 42.0 Å². The van der Waals surface area contributed by atoms with Crippen molar-refractivity contribution in [2.24, 2.45) is 0 Å². The number of benzene rings is 3. The molecular weight excluding hydrogens is 470 g/mol. The normalized spacial score (nSPS) is 12.2. The largest absolute Gasteiger partial charge is 0.493 e. The van der Waals surface area contributed by atoms with Gasteiger partial charge in [0.05, 0.1) is 23.7 Å². The lowest BCUT2D eigenvalue weighted by Gasteiger charge is -2.17. The van der Waals surface area contributed by atoms with E-state index in [4.69, 9.17) is 21.3 Å². The molecule has 0 saturated heterocycles. The van der Waals surface area contributed by atoms with Gasteiger partial charge in [-0.2, -0.15) is 0 Å². The number of ether oxygens (including phenoxy) is 1. The number of imidazole rings is 1. The Morgan fingerprint density at radius 3 is 2.53 bits per heavy atom. The first kappa shape index (κ1) is 25.8. The van der Waals surface area contributed by atoms with Gasteiger partial charge in [-0.15, -0.1) is 0 Å². The van der Waals surface area contributed by atoms with Crippen LogP contribution in [0.25, 0.3) is 11.0 Å². The molecule has 1 amide bonds. The number of hydrogen-bond acceptors (Lipinski definition) is 3. The van der Waals surface area contributed by atoms with Crippen LogP contribution in [-0.2, 0) is 6.54 Å². The van der Waals surface area contributed by atoms with Crippen LogP contribution in [0.3, 0.4) is 0 Å². The van der Waals surface area contributed by atoms with Crippen LogP contribution in [0.5, 0.6) is 5.75 Å². The molecule has 4 rings (SSSR count). The van der Waals surface area contributed by atoms with Crippen molar-refractivity contribution in [2.75, 3.05) is 6.61 Å². The highest BCUT2D eigenvalue weighted by Crippen LogP contribution is 2.28. The molecule has 36 heavy (non-hydrogen) atoms. The summed E-state index contributed by atoms with van der Waals surface area (Å²) in [6, 6.07) is 21.2. The Bertz CT molecular complexity index is 1330. The molecule has 0 fully saturated rings. The van der Waals surface area contributed by atoms with E-state index in [1.165, 1.54) is 11.1 Å². The average Bonchev–Trinajstić information content (AvgIpc) is 3.23. The van der Waals surface area contributed by atoms with Crippen LogP contribution >= 0.6 is 11.6 Å². The van der Waals surface area contributed by atoms with Gasteiger partial charge in [-0.05, 0) is 86.2 Å². The third-order valence-electron chi connectivity index (χ3n) is 6.35. The third-order valence-corrected chi connectivity index (χ3v) is 6.60. The Morgan fingerprint density at radius 2 is 1.78 bits per heavy atom. The van der Waals surface area contributed by atoms with E-state index in [2.05, 4.69) is 54.9 Å². The van der Waals surface area contributed by atoms with Crippen molar-refractivity contribution in [1.82, 2.24) is 14.9 Å². The number of rotatable bonds is 10. The van der Waals surface area contributed by atoms with Crippen LogP contribution < -0.4 is 10.1 Å². The van der Waals surface area contributed by atoms with Crippen molar-refractivity contribution >= 4 is 28.5 Å². The fourth-order valence-electron chi connectivity index (χ4n) is 4.40. The lowest BCUT2D eigenvalue weighted by molar-refractivity contribution is 0.0937. The molecule has 1 N–H and O–H groups in total. The Morgan fingerprint density at radius 1 is 1.03 bits per heavy atom. The van der Waals surface area contributed by atoms with Crippen LogP contribution in [0.15, 0.2) is 66.7 Å². The molecule has 0 aliphatic heterocycles. The fourth-order valence-corrected chi connectivity index (χ4v) is 4.53. The minimum Gasteiger partial charge on any atom is -0.493 e. The zero-order chi connectivity index (χ0) is 25.7. The van der Waals surface area contributed by atoms with Gasteiger partial charge in [-0.25, -0.2) is 4.98 Å². The minimum absolute atomic E-state index is 0.148. The highest BCUT2D eigenvalue weighted by molar-refractivity contribution is 6.30. The topological polar surface area (TPSA) is 56.1 Å². The Labute approximate surface area is 218 Å². The number of halogens is 1. The summed E-state index contributed by atoms with van der Waals surface area (Å²) >= 11 is 5.96. The molecule has 1 atom stereocenters. The maximum atomic E-state index is 12.8. The van der Waals surface area contributed by atoms with Crippen LogP contribution in [0.1, 0.15) is 72.9 Å². The van der Waals surface area contributed by atoms with Crippen molar-refractivity contribution in [3.63, 3.8) is 0 Å². The van der Waals surface area contributed by atoms with Crippen LogP contribution in [-0.4, -0.2) is 22.1 Å². The number of carbonyl (C=O) groups excluding carboxylic acids is 1. The quantitative estimate of drug-likeness (QED) is 0.228. The van der Waals surface area contributed by atoms with Gasteiger partial charge in [-0.1, -0.05) is 49.7 Å². The second kappa shape index (κ2) is 11.6. The molecule has 6 heteroatoms. The Balaban J connectivity index is 1.42. The van der Waals surface area contributed by atoms with Crippen molar-refractivity contribution in [3.8, 4) is 5.75 Å². The number of amides is 1. The van der Waals surface area contributed by atoms with E-state index >= 15 is 0 Å². The van der Waals surface area contributed by atoms with Crippen LogP contribution in [0.2, 0.25) is 5.02 Å². The van der Waals surface area contributed by atoms with Crippen molar-refractivity contribution in [3.05, 3.63) is 94.3 Å².